The van der Waals surface area contributed by atoms with E-state index in [9.17, 15) is 9.59 Å². The Hall–Kier alpha value is -2.52. The molecule has 1 amide bonds. The normalized spacial score (nSPS) is 10.4. The minimum atomic E-state index is -0.724. The third-order valence-electron chi connectivity index (χ3n) is 3.08. The van der Waals surface area contributed by atoms with Crippen LogP contribution in [0.2, 0.25) is 15.1 Å². The summed E-state index contributed by atoms with van der Waals surface area (Å²) in [5.74, 6) is -1.33. The van der Waals surface area contributed by atoms with Gasteiger partial charge in [-0.3, -0.25) is 4.79 Å². The molecule has 0 aliphatic carbocycles. The number of benzene rings is 2. The summed E-state index contributed by atoms with van der Waals surface area (Å²) < 4.78 is 4.84. The zero-order valence-corrected chi connectivity index (χ0v) is 15.4. The lowest BCUT2D eigenvalue weighted by atomic mass is 10.2. The molecule has 0 fully saturated rings. The first-order valence-electron chi connectivity index (χ1n) is 7.18. The summed E-state index contributed by atoms with van der Waals surface area (Å²) >= 11 is 17.6. The predicted octanol–water partition coefficient (Wildman–Crippen LogP) is 4.71. The van der Waals surface area contributed by atoms with Crippen LogP contribution in [0.5, 0.6) is 0 Å². The van der Waals surface area contributed by atoms with Gasteiger partial charge in [-0.05, 0) is 42.0 Å². The maximum atomic E-state index is 11.9. The fraction of sp³-hybridized carbons (Fsp3) is 0.0556. The van der Waals surface area contributed by atoms with E-state index in [1.54, 1.807) is 18.2 Å². The molecule has 0 saturated carbocycles. The molecule has 0 radical (unpaired) electrons. The van der Waals surface area contributed by atoms with Gasteiger partial charge in [-0.25, -0.2) is 4.79 Å². The molecule has 0 atom stereocenters. The summed E-state index contributed by atoms with van der Waals surface area (Å²) in [6.45, 7) is -0.519. The van der Waals surface area contributed by atoms with E-state index in [0.717, 1.165) is 6.08 Å². The maximum Gasteiger partial charge on any atom is 0.331 e. The Morgan fingerprint density at radius 3 is 2.50 bits per heavy atom. The third kappa shape index (κ3) is 5.78. The summed E-state index contributed by atoms with van der Waals surface area (Å²) in [5.41, 5.74) is 1.06. The Bertz CT molecular complexity index is 920. The zero-order chi connectivity index (χ0) is 19.1. The fourth-order valence-electron chi connectivity index (χ4n) is 1.88. The molecule has 26 heavy (non-hydrogen) atoms. The molecular weight excluding hydrogens is 399 g/mol. The highest BCUT2D eigenvalue weighted by atomic mass is 35.5. The molecule has 0 aliphatic rings. The topological polar surface area (TPSA) is 79.2 Å². The van der Waals surface area contributed by atoms with Crippen LogP contribution in [0.3, 0.4) is 0 Å². The number of hydrogen-bond donors (Lipinski definition) is 1. The number of carbonyl (C=O) groups is 2. The summed E-state index contributed by atoms with van der Waals surface area (Å²) in [7, 11) is 0. The molecular formula is C18H11Cl3N2O3. The van der Waals surface area contributed by atoms with E-state index >= 15 is 0 Å². The van der Waals surface area contributed by atoms with Gasteiger partial charge in [0.1, 0.15) is 6.07 Å². The molecule has 1 N–H and O–H groups in total. The van der Waals surface area contributed by atoms with Gasteiger partial charge in [-0.1, -0.05) is 40.9 Å². The smallest absolute Gasteiger partial charge is 0.331 e. The average Bonchev–Trinajstić information content (AvgIpc) is 2.59. The van der Waals surface area contributed by atoms with Gasteiger partial charge in [0.15, 0.2) is 6.61 Å². The van der Waals surface area contributed by atoms with Crippen molar-refractivity contribution < 1.29 is 14.3 Å². The molecule has 8 heteroatoms. The van der Waals surface area contributed by atoms with Crippen molar-refractivity contribution in [2.45, 2.75) is 0 Å². The van der Waals surface area contributed by atoms with Crippen LogP contribution >= 0.6 is 34.8 Å². The van der Waals surface area contributed by atoms with Crippen molar-refractivity contribution in [3.05, 3.63) is 68.7 Å². The van der Waals surface area contributed by atoms with E-state index in [1.807, 2.05) is 6.07 Å². The number of anilines is 1. The van der Waals surface area contributed by atoms with Crippen LogP contribution in [0.25, 0.3) is 6.08 Å². The van der Waals surface area contributed by atoms with Crippen molar-refractivity contribution in [2.24, 2.45) is 0 Å². The van der Waals surface area contributed by atoms with E-state index < -0.39 is 18.5 Å². The van der Waals surface area contributed by atoms with E-state index in [-0.39, 0.29) is 11.3 Å². The maximum absolute atomic E-state index is 11.9. The van der Waals surface area contributed by atoms with Crippen LogP contribution in [0.1, 0.15) is 11.1 Å². The van der Waals surface area contributed by atoms with Crippen LogP contribution in [-0.4, -0.2) is 18.5 Å². The molecule has 2 aromatic rings. The Kier molecular flexibility index (Phi) is 7.05. The number of carbonyl (C=O) groups excluding carboxylic acids is 2. The highest BCUT2D eigenvalue weighted by molar-refractivity contribution is 6.35. The van der Waals surface area contributed by atoms with Crippen LogP contribution < -0.4 is 5.32 Å². The lowest BCUT2D eigenvalue weighted by Gasteiger charge is -2.07. The minimum absolute atomic E-state index is 0.240. The molecule has 0 unspecified atom stereocenters. The number of halogens is 3. The molecule has 0 bridgehead atoms. The molecule has 0 saturated heterocycles. The van der Waals surface area contributed by atoms with E-state index in [4.69, 9.17) is 44.8 Å². The Morgan fingerprint density at radius 1 is 1.12 bits per heavy atom. The van der Waals surface area contributed by atoms with Crippen LogP contribution in [0.4, 0.5) is 5.69 Å². The van der Waals surface area contributed by atoms with Gasteiger partial charge >= 0.3 is 5.97 Å². The van der Waals surface area contributed by atoms with E-state index in [0.29, 0.717) is 20.6 Å². The summed E-state index contributed by atoms with van der Waals surface area (Å²) in [4.78, 5) is 23.6. The molecule has 0 spiro atoms. The molecule has 5 nitrogen and oxygen atoms in total. The second kappa shape index (κ2) is 9.25. The first-order valence-corrected chi connectivity index (χ1v) is 8.32. The number of nitriles is 1. The molecule has 0 heterocycles. The van der Waals surface area contributed by atoms with Crippen molar-refractivity contribution >= 4 is 58.4 Å². The van der Waals surface area contributed by atoms with Crippen LogP contribution in [-0.2, 0) is 14.3 Å². The molecule has 2 aromatic carbocycles. The number of hydrogen-bond acceptors (Lipinski definition) is 4. The lowest BCUT2D eigenvalue weighted by Crippen LogP contribution is -2.20. The molecule has 132 valence electrons. The van der Waals surface area contributed by atoms with Gasteiger partial charge in [0, 0.05) is 21.1 Å². The van der Waals surface area contributed by atoms with Crippen molar-refractivity contribution in [1.29, 1.82) is 5.26 Å². The second-order valence-corrected chi connectivity index (χ2v) is 6.24. The largest absolute Gasteiger partial charge is 0.452 e. The van der Waals surface area contributed by atoms with Gasteiger partial charge in [-0.15, -0.1) is 0 Å². The number of nitrogens with zero attached hydrogens (tertiary/aromatic N) is 1. The Balaban J connectivity index is 1.91. The highest BCUT2D eigenvalue weighted by Crippen LogP contribution is 2.22. The summed E-state index contributed by atoms with van der Waals surface area (Å²) in [5, 5.41) is 12.7. The minimum Gasteiger partial charge on any atom is -0.452 e. The Labute approximate surface area is 164 Å². The van der Waals surface area contributed by atoms with Crippen molar-refractivity contribution in [1.82, 2.24) is 0 Å². The van der Waals surface area contributed by atoms with Crippen LogP contribution in [0, 0.1) is 11.3 Å². The van der Waals surface area contributed by atoms with Crippen molar-refractivity contribution in [2.75, 3.05) is 11.9 Å². The first-order chi connectivity index (χ1) is 12.4. The molecule has 0 aliphatic heterocycles. The average molecular weight is 410 g/mol. The van der Waals surface area contributed by atoms with Gasteiger partial charge in [0.05, 0.1) is 11.3 Å². The van der Waals surface area contributed by atoms with Crippen molar-refractivity contribution in [3.8, 4) is 6.07 Å². The SMILES string of the molecule is N#Cc1ccc(Cl)cc1NC(=O)COC(=O)/C=C/c1ccc(Cl)cc1Cl. The number of ether oxygens (including phenoxy) is 1. The second-order valence-electron chi connectivity index (χ2n) is 4.96. The van der Waals surface area contributed by atoms with Gasteiger partial charge in [0.2, 0.25) is 0 Å². The zero-order valence-electron chi connectivity index (χ0n) is 13.1. The van der Waals surface area contributed by atoms with Gasteiger partial charge in [-0.2, -0.15) is 5.26 Å². The predicted molar refractivity (Wildman–Crippen MR) is 101 cm³/mol. The number of amides is 1. The first kappa shape index (κ1) is 19.8. The number of esters is 1. The standard InChI is InChI=1S/C18H11Cl3N2O3/c19-13-4-1-11(15(21)7-13)3-6-18(25)26-10-17(24)23-16-8-14(20)5-2-12(16)9-22/h1-8H,10H2,(H,23,24)/b6-3+. The van der Waals surface area contributed by atoms with Crippen LogP contribution in [0.15, 0.2) is 42.5 Å². The van der Waals surface area contributed by atoms with E-state index in [2.05, 4.69) is 5.32 Å². The molecule has 2 rings (SSSR count). The highest BCUT2D eigenvalue weighted by Gasteiger charge is 2.09. The molecule has 0 aromatic heterocycles. The van der Waals surface area contributed by atoms with Crippen molar-refractivity contribution in [3.63, 3.8) is 0 Å². The number of nitrogens with one attached hydrogen (secondary N) is 1. The van der Waals surface area contributed by atoms with E-state index in [1.165, 1.54) is 24.3 Å². The lowest BCUT2D eigenvalue weighted by molar-refractivity contribution is -0.142. The monoisotopic (exact) mass is 408 g/mol. The summed E-state index contributed by atoms with van der Waals surface area (Å²) in [6.07, 6.45) is 2.59. The fourth-order valence-corrected chi connectivity index (χ4v) is 2.53. The summed E-state index contributed by atoms with van der Waals surface area (Å²) in [6, 6.07) is 11.2. The Morgan fingerprint density at radius 2 is 1.81 bits per heavy atom. The third-order valence-corrected chi connectivity index (χ3v) is 3.88. The van der Waals surface area contributed by atoms with Gasteiger partial charge in [0.25, 0.3) is 5.91 Å². The number of rotatable bonds is 5. The van der Waals surface area contributed by atoms with Gasteiger partial charge < -0.3 is 10.1 Å². The quantitative estimate of drug-likeness (QED) is 0.573.